The normalized spacial score (nSPS) is 18.8. The molecule has 0 amide bonds. The van der Waals surface area contributed by atoms with Crippen LogP contribution in [0, 0.1) is 0 Å². The molecule has 1 aliphatic heterocycles. The average Bonchev–Trinajstić information content (AvgIpc) is 2.67. The van der Waals surface area contributed by atoms with Gasteiger partial charge in [0.2, 0.25) is 0 Å². The van der Waals surface area contributed by atoms with Crippen LogP contribution in [0.4, 0.5) is 0 Å². The van der Waals surface area contributed by atoms with Gasteiger partial charge < -0.3 is 14.7 Å². The second kappa shape index (κ2) is 7.65. The zero-order valence-corrected chi connectivity index (χ0v) is 12.7. The highest BCUT2D eigenvalue weighted by atomic mass is 16.5. The van der Waals surface area contributed by atoms with E-state index in [0.29, 0.717) is 0 Å². The molecule has 1 heterocycles. The molecule has 0 radical (unpaired) electrons. The van der Waals surface area contributed by atoms with Gasteiger partial charge in [-0.3, -0.25) is 0 Å². The zero-order chi connectivity index (χ0) is 14.4. The molecule has 1 fully saturated rings. The quantitative estimate of drug-likeness (QED) is 0.895. The summed E-state index contributed by atoms with van der Waals surface area (Å²) >= 11 is 0. The van der Waals surface area contributed by atoms with Crippen molar-refractivity contribution in [2.45, 2.75) is 51.7 Å². The zero-order valence-electron chi connectivity index (χ0n) is 12.7. The monoisotopic (exact) mass is 277 g/mol. The van der Waals surface area contributed by atoms with E-state index < -0.39 is 6.10 Å². The molecule has 1 aliphatic rings. The Balaban J connectivity index is 1.89. The summed E-state index contributed by atoms with van der Waals surface area (Å²) in [4.78, 5) is 2.39. The van der Waals surface area contributed by atoms with Crippen molar-refractivity contribution in [3.8, 4) is 5.75 Å². The fraction of sp³-hybridized carbons (Fsp3) is 0.647. The van der Waals surface area contributed by atoms with E-state index in [-0.39, 0.29) is 6.10 Å². The van der Waals surface area contributed by atoms with Gasteiger partial charge in [-0.25, -0.2) is 0 Å². The molecule has 3 heteroatoms. The highest BCUT2D eigenvalue weighted by molar-refractivity contribution is 5.28. The summed E-state index contributed by atoms with van der Waals surface area (Å²) in [5, 5.41) is 10.4. The van der Waals surface area contributed by atoms with E-state index in [0.717, 1.165) is 30.9 Å². The van der Waals surface area contributed by atoms with Crippen molar-refractivity contribution in [1.29, 1.82) is 0 Å². The van der Waals surface area contributed by atoms with Gasteiger partial charge in [0.25, 0.3) is 0 Å². The molecular formula is C17H27NO2. The number of likely N-dealkylation sites (tertiary alicyclic amines) is 1. The van der Waals surface area contributed by atoms with E-state index in [1.807, 2.05) is 38.1 Å². The predicted molar refractivity (Wildman–Crippen MR) is 82.1 cm³/mol. The summed E-state index contributed by atoms with van der Waals surface area (Å²) in [5.41, 5.74) is 0.977. The Bertz CT molecular complexity index is 380. The summed E-state index contributed by atoms with van der Waals surface area (Å²) in [6, 6.07) is 7.84. The first-order chi connectivity index (χ1) is 9.65. The number of aliphatic hydroxyl groups excluding tert-OH is 1. The molecule has 1 unspecified atom stereocenters. The summed E-state index contributed by atoms with van der Waals surface area (Å²) < 4.78 is 5.62. The Morgan fingerprint density at radius 3 is 2.20 bits per heavy atom. The lowest BCUT2D eigenvalue weighted by Gasteiger charge is -2.23. The van der Waals surface area contributed by atoms with Crippen LogP contribution in [0.3, 0.4) is 0 Å². The van der Waals surface area contributed by atoms with Crippen molar-refractivity contribution in [3.63, 3.8) is 0 Å². The van der Waals surface area contributed by atoms with E-state index in [1.54, 1.807) is 0 Å². The number of benzene rings is 1. The second-order valence-corrected chi connectivity index (χ2v) is 5.97. The number of aliphatic hydroxyl groups is 1. The highest BCUT2D eigenvalue weighted by Gasteiger charge is 2.15. The Labute approximate surface area is 122 Å². The largest absolute Gasteiger partial charge is 0.491 e. The van der Waals surface area contributed by atoms with Gasteiger partial charge in [0.05, 0.1) is 12.2 Å². The van der Waals surface area contributed by atoms with Crippen molar-refractivity contribution < 1.29 is 9.84 Å². The highest BCUT2D eigenvalue weighted by Crippen LogP contribution is 2.20. The molecule has 2 rings (SSSR count). The minimum Gasteiger partial charge on any atom is -0.491 e. The van der Waals surface area contributed by atoms with Gasteiger partial charge in [0, 0.05) is 6.54 Å². The van der Waals surface area contributed by atoms with Crippen LogP contribution >= 0.6 is 0 Å². The minimum absolute atomic E-state index is 0.183. The lowest BCUT2D eigenvalue weighted by atomic mass is 10.1. The van der Waals surface area contributed by atoms with Crippen molar-refractivity contribution in [2.24, 2.45) is 0 Å². The maximum Gasteiger partial charge on any atom is 0.119 e. The van der Waals surface area contributed by atoms with Crippen molar-refractivity contribution >= 4 is 0 Å². The van der Waals surface area contributed by atoms with E-state index in [1.165, 1.54) is 25.7 Å². The van der Waals surface area contributed by atoms with Gasteiger partial charge in [-0.15, -0.1) is 0 Å². The molecule has 0 aliphatic carbocycles. The van der Waals surface area contributed by atoms with E-state index in [4.69, 9.17) is 4.74 Å². The molecule has 0 saturated carbocycles. The third-order valence-corrected chi connectivity index (χ3v) is 3.77. The Hall–Kier alpha value is -1.06. The fourth-order valence-corrected chi connectivity index (χ4v) is 2.71. The Kier molecular flexibility index (Phi) is 5.86. The molecule has 0 aromatic heterocycles. The summed E-state index contributed by atoms with van der Waals surface area (Å²) in [7, 11) is 0. The predicted octanol–water partition coefficient (Wildman–Crippen LogP) is 3.38. The number of ether oxygens (including phenoxy) is 1. The van der Waals surface area contributed by atoms with E-state index >= 15 is 0 Å². The molecule has 112 valence electrons. The smallest absolute Gasteiger partial charge is 0.119 e. The molecule has 0 spiro atoms. The number of rotatable bonds is 5. The lowest BCUT2D eigenvalue weighted by molar-refractivity contribution is 0.115. The number of hydrogen-bond donors (Lipinski definition) is 1. The van der Waals surface area contributed by atoms with Crippen LogP contribution < -0.4 is 4.74 Å². The first-order valence-electron chi connectivity index (χ1n) is 7.82. The third kappa shape index (κ3) is 4.80. The molecule has 3 nitrogen and oxygen atoms in total. The van der Waals surface area contributed by atoms with E-state index in [9.17, 15) is 5.11 Å². The summed E-state index contributed by atoms with van der Waals surface area (Å²) in [5.74, 6) is 0.866. The Morgan fingerprint density at radius 1 is 1.05 bits per heavy atom. The van der Waals surface area contributed by atoms with Gasteiger partial charge >= 0.3 is 0 Å². The molecule has 1 aromatic carbocycles. The van der Waals surface area contributed by atoms with Gasteiger partial charge in [-0.2, -0.15) is 0 Å². The number of β-amino-alcohol motifs (C(OH)–C–C–N with tert-alkyl or cyclic N) is 1. The molecule has 0 bridgehead atoms. The van der Waals surface area contributed by atoms with E-state index in [2.05, 4.69) is 4.90 Å². The molecule has 1 atom stereocenters. The number of hydrogen-bond acceptors (Lipinski definition) is 3. The maximum atomic E-state index is 10.4. The van der Waals surface area contributed by atoms with Crippen LogP contribution in [-0.4, -0.2) is 35.7 Å². The summed E-state index contributed by atoms with van der Waals surface area (Å²) in [6.07, 6.45) is 4.95. The van der Waals surface area contributed by atoms with Gasteiger partial charge in [0.1, 0.15) is 5.75 Å². The van der Waals surface area contributed by atoms with Crippen LogP contribution in [-0.2, 0) is 0 Å². The van der Waals surface area contributed by atoms with Crippen LogP contribution in [0.2, 0.25) is 0 Å². The van der Waals surface area contributed by atoms with Crippen LogP contribution in [0.5, 0.6) is 5.75 Å². The van der Waals surface area contributed by atoms with Crippen LogP contribution in [0.25, 0.3) is 0 Å². The SMILES string of the molecule is CC(C)Oc1ccc(C(O)CN2CCCCCC2)cc1. The second-order valence-electron chi connectivity index (χ2n) is 5.97. The van der Waals surface area contributed by atoms with Crippen molar-refractivity contribution in [2.75, 3.05) is 19.6 Å². The lowest BCUT2D eigenvalue weighted by Crippen LogP contribution is -2.29. The molecular weight excluding hydrogens is 250 g/mol. The van der Waals surface area contributed by atoms with Crippen LogP contribution in [0.15, 0.2) is 24.3 Å². The molecule has 20 heavy (non-hydrogen) atoms. The number of nitrogens with zero attached hydrogens (tertiary/aromatic N) is 1. The maximum absolute atomic E-state index is 10.4. The van der Waals surface area contributed by atoms with Crippen LogP contribution in [0.1, 0.15) is 51.2 Å². The average molecular weight is 277 g/mol. The topological polar surface area (TPSA) is 32.7 Å². The molecule has 1 saturated heterocycles. The first kappa shape index (κ1) is 15.3. The standard InChI is InChI=1S/C17H27NO2/c1-14(2)20-16-9-7-15(8-10-16)17(19)13-18-11-5-3-4-6-12-18/h7-10,14,17,19H,3-6,11-13H2,1-2H3. The van der Waals surface area contributed by atoms with Gasteiger partial charge in [-0.1, -0.05) is 25.0 Å². The third-order valence-electron chi connectivity index (χ3n) is 3.77. The van der Waals surface area contributed by atoms with Crippen molar-refractivity contribution in [3.05, 3.63) is 29.8 Å². The molecule has 1 N–H and O–H groups in total. The summed E-state index contributed by atoms with van der Waals surface area (Å²) in [6.45, 7) is 7.01. The van der Waals surface area contributed by atoms with Gasteiger partial charge in [0.15, 0.2) is 0 Å². The minimum atomic E-state index is -0.402. The first-order valence-corrected chi connectivity index (χ1v) is 7.82. The van der Waals surface area contributed by atoms with Gasteiger partial charge in [-0.05, 0) is 57.5 Å². The molecule has 1 aromatic rings. The Morgan fingerprint density at radius 2 is 1.65 bits per heavy atom. The fourth-order valence-electron chi connectivity index (χ4n) is 2.71. The van der Waals surface area contributed by atoms with Crippen molar-refractivity contribution in [1.82, 2.24) is 4.90 Å².